The normalized spacial score (nSPS) is 15.9. The minimum atomic E-state index is -0.769. The van der Waals surface area contributed by atoms with E-state index in [1.807, 2.05) is 44.2 Å². The van der Waals surface area contributed by atoms with E-state index in [2.05, 4.69) is 5.32 Å². The smallest absolute Gasteiger partial charge is 0.222 e. The third kappa shape index (κ3) is 4.33. The molecule has 0 saturated carbocycles. The molecule has 0 radical (unpaired) electrons. The molecule has 0 aliphatic rings. The Kier molecular flexibility index (Phi) is 5.51. The van der Waals surface area contributed by atoms with Crippen molar-refractivity contribution in [1.29, 1.82) is 0 Å². The van der Waals surface area contributed by atoms with E-state index in [9.17, 15) is 9.90 Å². The van der Waals surface area contributed by atoms with Crippen molar-refractivity contribution in [2.24, 2.45) is 11.7 Å². The summed E-state index contributed by atoms with van der Waals surface area (Å²) < 4.78 is 0. The number of carbonyl (C=O) groups excluding carboxylic acids is 1. The van der Waals surface area contributed by atoms with Gasteiger partial charge in [-0.2, -0.15) is 0 Å². The summed E-state index contributed by atoms with van der Waals surface area (Å²) >= 11 is 0. The number of rotatable bonds is 6. The van der Waals surface area contributed by atoms with E-state index >= 15 is 0 Å². The lowest BCUT2D eigenvalue weighted by molar-refractivity contribution is -0.124. The fraction of sp³-hybridized carbons (Fsp3) is 0.533. The Labute approximate surface area is 115 Å². The molecule has 0 heterocycles. The Morgan fingerprint density at radius 3 is 2.42 bits per heavy atom. The monoisotopic (exact) mass is 264 g/mol. The molecule has 19 heavy (non-hydrogen) atoms. The predicted molar refractivity (Wildman–Crippen MR) is 76.5 cm³/mol. The molecule has 0 aliphatic heterocycles. The van der Waals surface area contributed by atoms with Gasteiger partial charge in [0.15, 0.2) is 0 Å². The van der Waals surface area contributed by atoms with Crippen LogP contribution in [0.4, 0.5) is 0 Å². The molecule has 4 nitrogen and oxygen atoms in total. The van der Waals surface area contributed by atoms with Crippen molar-refractivity contribution >= 4 is 5.91 Å². The summed E-state index contributed by atoms with van der Waals surface area (Å²) in [6, 6.07) is 9.28. The number of aliphatic hydroxyl groups is 1. The topological polar surface area (TPSA) is 75.4 Å². The molecule has 1 aromatic rings. The van der Waals surface area contributed by atoms with E-state index in [-0.39, 0.29) is 30.9 Å². The summed E-state index contributed by atoms with van der Waals surface area (Å²) in [6.45, 7) is 5.63. The highest BCUT2D eigenvalue weighted by atomic mass is 16.3. The molecule has 1 amide bonds. The molecule has 0 spiro atoms. The van der Waals surface area contributed by atoms with Crippen LogP contribution in [0.3, 0.4) is 0 Å². The first kappa shape index (κ1) is 15.7. The number of benzene rings is 1. The molecular weight excluding hydrogens is 240 g/mol. The van der Waals surface area contributed by atoms with Crippen LogP contribution in [0.1, 0.15) is 32.8 Å². The first-order valence-corrected chi connectivity index (χ1v) is 6.62. The predicted octanol–water partition coefficient (Wildman–Crippen LogP) is 1.38. The number of aliphatic hydroxyl groups excluding tert-OH is 1. The molecule has 0 aliphatic carbocycles. The summed E-state index contributed by atoms with van der Waals surface area (Å²) in [4.78, 5) is 12.0. The van der Waals surface area contributed by atoms with Gasteiger partial charge in [0.25, 0.3) is 0 Å². The molecule has 2 unspecified atom stereocenters. The highest BCUT2D eigenvalue weighted by molar-refractivity contribution is 5.77. The Balaban J connectivity index is 2.74. The van der Waals surface area contributed by atoms with Gasteiger partial charge < -0.3 is 16.2 Å². The quantitative estimate of drug-likeness (QED) is 0.726. The molecule has 0 fully saturated rings. The first-order chi connectivity index (χ1) is 8.89. The van der Waals surface area contributed by atoms with Crippen LogP contribution in [0.15, 0.2) is 30.3 Å². The molecule has 0 bridgehead atoms. The maximum atomic E-state index is 12.0. The number of hydrogen-bond acceptors (Lipinski definition) is 3. The zero-order valence-corrected chi connectivity index (χ0v) is 11.9. The van der Waals surface area contributed by atoms with Crippen molar-refractivity contribution in [2.45, 2.75) is 38.8 Å². The SMILES string of the molecule is CC(C)C(N)CC(=O)NC(C)(CO)c1ccccc1. The third-order valence-corrected chi connectivity index (χ3v) is 3.42. The fourth-order valence-electron chi connectivity index (χ4n) is 1.82. The van der Waals surface area contributed by atoms with Gasteiger partial charge in [-0.15, -0.1) is 0 Å². The molecule has 4 N–H and O–H groups in total. The first-order valence-electron chi connectivity index (χ1n) is 6.62. The highest BCUT2D eigenvalue weighted by Gasteiger charge is 2.28. The van der Waals surface area contributed by atoms with Gasteiger partial charge in [-0.1, -0.05) is 44.2 Å². The van der Waals surface area contributed by atoms with Crippen molar-refractivity contribution in [3.63, 3.8) is 0 Å². The molecule has 2 atom stereocenters. The molecule has 1 aromatic carbocycles. The largest absolute Gasteiger partial charge is 0.394 e. The van der Waals surface area contributed by atoms with Crippen molar-refractivity contribution in [3.05, 3.63) is 35.9 Å². The second-order valence-corrected chi connectivity index (χ2v) is 5.52. The molecular formula is C15H24N2O2. The average molecular weight is 264 g/mol. The maximum Gasteiger partial charge on any atom is 0.222 e. The lowest BCUT2D eigenvalue weighted by Crippen LogP contribution is -2.48. The van der Waals surface area contributed by atoms with E-state index in [0.717, 1.165) is 5.56 Å². The zero-order chi connectivity index (χ0) is 14.5. The Hall–Kier alpha value is -1.39. The van der Waals surface area contributed by atoms with Crippen molar-refractivity contribution in [1.82, 2.24) is 5.32 Å². The van der Waals surface area contributed by atoms with Crippen LogP contribution in [-0.4, -0.2) is 23.7 Å². The van der Waals surface area contributed by atoms with Crippen LogP contribution in [0.2, 0.25) is 0 Å². The Bertz CT molecular complexity index is 406. The van der Waals surface area contributed by atoms with Crippen LogP contribution in [-0.2, 0) is 10.3 Å². The molecule has 0 saturated heterocycles. The van der Waals surface area contributed by atoms with E-state index in [1.54, 1.807) is 6.92 Å². The van der Waals surface area contributed by atoms with Gasteiger partial charge in [0, 0.05) is 12.5 Å². The standard InChI is InChI=1S/C15H24N2O2/c1-11(2)13(16)9-14(19)17-15(3,10-18)12-7-5-4-6-8-12/h4-8,11,13,18H,9-10,16H2,1-3H3,(H,17,19). The molecule has 0 aromatic heterocycles. The summed E-state index contributed by atoms with van der Waals surface area (Å²) in [7, 11) is 0. The van der Waals surface area contributed by atoms with E-state index in [0.29, 0.717) is 0 Å². The molecule has 1 rings (SSSR count). The van der Waals surface area contributed by atoms with Crippen LogP contribution < -0.4 is 11.1 Å². The van der Waals surface area contributed by atoms with Gasteiger partial charge >= 0.3 is 0 Å². The second-order valence-electron chi connectivity index (χ2n) is 5.52. The van der Waals surface area contributed by atoms with Crippen LogP contribution >= 0.6 is 0 Å². The van der Waals surface area contributed by atoms with Gasteiger partial charge in [0.1, 0.15) is 0 Å². The van der Waals surface area contributed by atoms with Crippen LogP contribution in [0.25, 0.3) is 0 Å². The minimum Gasteiger partial charge on any atom is -0.394 e. The summed E-state index contributed by atoms with van der Waals surface area (Å²) in [6.07, 6.45) is 0.264. The lowest BCUT2D eigenvalue weighted by atomic mass is 9.92. The lowest BCUT2D eigenvalue weighted by Gasteiger charge is -2.30. The molecule has 4 heteroatoms. The number of hydrogen-bond donors (Lipinski definition) is 3. The van der Waals surface area contributed by atoms with Crippen molar-refractivity contribution < 1.29 is 9.90 Å². The second kappa shape index (κ2) is 6.68. The van der Waals surface area contributed by atoms with Crippen molar-refractivity contribution in [2.75, 3.05) is 6.61 Å². The van der Waals surface area contributed by atoms with Gasteiger partial charge in [0.05, 0.1) is 12.1 Å². The van der Waals surface area contributed by atoms with E-state index in [1.165, 1.54) is 0 Å². The van der Waals surface area contributed by atoms with Gasteiger partial charge in [-0.05, 0) is 18.4 Å². The van der Waals surface area contributed by atoms with Gasteiger partial charge in [0.2, 0.25) is 5.91 Å². The third-order valence-electron chi connectivity index (χ3n) is 3.42. The summed E-state index contributed by atoms with van der Waals surface area (Å²) in [5, 5.41) is 12.5. The Morgan fingerprint density at radius 2 is 1.95 bits per heavy atom. The van der Waals surface area contributed by atoms with Crippen LogP contribution in [0, 0.1) is 5.92 Å². The van der Waals surface area contributed by atoms with Gasteiger partial charge in [-0.3, -0.25) is 4.79 Å². The zero-order valence-electron chi connectivity index (χ0n) is 11.9. The van der Waals surface area contributed by atoms with Crippen molar-refractivity contribution in [3.8, 4) is 0 Å². The average Bonchev–Trinajstić information content (AvgIpc) is 2.39. The number of nitrogens with two attached hydrogens (primary N) is 1. The van der Waals surface area contributed by atoms with E-state index in [4.69, 9.17) is 5.73 Å². The number of nitrogens with one attached hydrogen (secondary N) is 1. The number of amides is 1. The Morgan fingerprint density at radius 1 is 1.37 bits per heavy atom. The van der Waals surface area contributed by atoms with Crippen LogP contribution in [0.5, 0.6) is 0 Å². The highest BCUT2D eigenvalue weighted by Crippen LogP contribution is 2.20. The fourth-order valence-corrected chi connectivity index (χ4v) is 1.82. The van der Waals surface area contributed by atoms with E-state index < -0.39 is 5.54 Å². The summed E-state index contributed by atoms with van der Waals surface area (Å²) in [5.41, 5.74) is 6.00. The molecule has 106 valence electrons. The minimum absolute atomic E-state index is 0.137. The number of carbonyl (C=O) groups is 1. The maximum absolute atomic E-state index is 12.0. The van der Waals surface area contributed by atoms with Gasteiger partial charge in [-0.25, -0.2) is 0 Å². The summed E-state index contributed by atoms with van der Waals surface area (Å²) in [5.74, 6) is 0.115.